The van der Waals surface area contributed by atoms with Crippen molar-refractivity contribution < 1.29 is 26.3 Å². The molecule has 2 unspecified atom stereocenters. The predicted octanol–water partition coefficient (Wildman–Crippen LogP) is 8.83. The Kier molecular flexibility index (Phi) is 4.54. The fourth-order valence-corrected chi connectivity index (χ4v) is 10.5. The summed E-state index contributed by atoms with van der Waals surface area (Å²) in [5, 5.41) is 0. The predicted molar refractivity (Wildman–Crippen MR) is 128 cm³/mol. The zero-order chi connectivity index (χ0) is 25.3. The third-order valence-corrected chi connectivity index (χ3v) is 11.9. The van der Waals surface area contributed by atoms with E-state index in [1.807, 2.05) is 27.7 Å². The van der Waals surface area contributed by atoms with Crippen LogP contribution in [0.15, 0.2) is 69.5 Å². The first-order chi connectivity index (χ1) is 16.3. The number of hydrogen-bond donors (Lipinski definition) is 0. The third kappa shape index (κ3) is 2.29. The summed E-state index contributed by atoms with van der Waals surface area (Å²) in [6, 6.07) is 13.5. The highest BCUT2D eigenvalue weighted by Crippen LogP contribution is 2.80. The van der Waals surface area contributed by atoms with E-state index in [4.69, 9.17) is 0 Å². The SMILES string of the molecule is CC(C)C12Sc3ccccc3C1=C1C(=C3c4ccccc4SC32C(C)C)C(F)(F)C(F)(F)C1(F)F. The van der Waals surface area contributed by atoms with E-state index in [1.54, 1.807) is 48.5 Å². The van der Waals surface area contributed by atoms with E-state index < -0.39 is 38.4 Å². The third-order valence-electron chi connectivity index (χ3n) is 7.94. The molecule has 0 radical (unpaired) electrons. The largest absolute Gasteiger partial charge is 0.380 e. The number of alkyl halides is 6. The minimum atomic E-state index is -5.55. The number of hydrogen-bond acceptors (Lipinski definition) is 2. The van der Waals surface area contributed by atoms with Gasteiger partial charge < -0.3 is 0 Å². The van der Waals surface area contributed by atoms with Gasteiger partial charge in [0.15, 0.2) is 0 Å². The first-order valence-corrected chi connectivity index (χ1v) is 13.1. The molecule has 0 amide bonds. The number of halogens is 6. The molecule has 4 aliphatic rings. The summed E-state index contributed by atoms with van der Waals surface area (Å²) in [6.07, 6.45) is 0. The van der Waals surface area contributed by atoms with Crippen LogP contribution in [-0.2, 0) is 0 Å². The minimum absolute atomic E-state index is 0.0530. The van der Waals surface area contributed by atoms with Gasteiger partial charge in [-0.3, -0.25) is 0 Å². The monoisotopic (exact) mass is 524 g/mol. The molecule has 2 aromatic carbocycles. The van der Waals surface area contributed by atoms with Gasteiger partial charge in [-0.2, -0.15) is 26.3 Å². The fraction of sp³-hybridized carbons (Fsp3) is 0.407. The summed E-state index contributed by atoms with van der Waals surface area (Å²) in [4.78, 5) is 1.30. The van der Waals surface area contributed by atoms with Gasteiger partial charge in [0.05, 0.1) is 9.49 Å². The topological polar surface area (TPSA) is 0 Å². The van der Waals surface area contributed by atoms with E-state index in [0.717, 1.165) is 0 Å². The number of benzene rings is 2. The lowest BCUT2D eigenvalue weighted by molar-refractivity contribution is -0.257. The van der Waals surface area contributed by atoms with E-state index in [2.05, 4.69) is 0 Å². The normalized spacial score (nSPS) is 31.0. The standard InChI is InChI=1S/C27H22F6S2/c1-13(2)23-19(15-9-5-7-11-17(15)34-23)21-22(26(30,31)27(32,33)25(21,28)29)20-16-10-6-8-12-18(16)35-24(20,23)14(3)4/h5-14H,1-4H3. The van der Waals surface area contributed by atoms with Crippen molar-refractivity contribution >= 4 is 34.7 Å². The van der Waals surface area contributed by atoms with Gasteiger partial charge in [0.25, 0.3) is 0 Å². The van der Waals surface area contributed by atoms with Crippen LogP contribution in [0.3, 0.4) is 0 Å². The molecule has 2 aliphatic carbocycles. The minimum Gasteiger partial charge on any atom is -0.194 e. The number of allylic oxidation sites excluding steroid dienone is 2. The van der Waals surface area contributed by atoms with Crippen LogP contribution in [0.1, 0.15) is 38.8 Å². The smallest absolute Gasteiger partial charge is 0.194 e. The second-order valence-corrected chi connectivity index (χ2v) is 12.8. The molecule has 2 atom stereocenters. The van der Waals surface area contributed by atoms with Crippen LogP contribution in [0, 0.1) is 11.8 Å². The second kappa shape index (κ2) is 6.74. The molecule has 0 N–H and O–H groups in total. The molecule has 2 heterocycles. The van der Waals surface area contributed by atoms with Crippen molar-refractivity contribution in [1.82, 2.24) is 0 Å². The lowest BCUT2D eigenvalue weighted by Crippen LogP contribution is -2.57. The zero-order valence-corrected chi connectivity index (χ0v) is 21.0. The molecule has 2 aromatic rings. The molecule has 0 saturated heterocycles. The van der Waals surface area contributed by atoms with E-state index in [-0.39, 0.29) is 23.0 Å². The zero-order valence-electron chi connectivity index (χ0n) is 19.4. The van der Waals surface area contributed by atoms with Gasteiger partial charge in [0.1, 0.15) is 0 Å². The van der Waals surface area contributed by atoms with Gasteiger partial charge in [0, 0.05) is 20.9 Å². The Bertz CT molecular complexity index is 1250. The van der Waals surface area contributed by atoms with Crippen molar-refractivity contribution in [2.75, 3.05) is 0 Å². The molecule has 8 heteroatoms. The quantitative estimate of drug-likeness (QED) is 0.360. The van der Waals surface area contributed by atoms with Gasteiger partial charge >= 0.3 is 17.8 Å². The summed E-state index contributed by atoms with van der Waals surface area (Å²) < 4.78 is 90.9. The molecular formula is C27H22F6S2. The molecule has 1 saturated carbocycles. The van der Waals surface area contributed by atoms with Gasteiger partial charge in [-0.1, -0.05) is 64.1 Å². The van der Waals surface area contributed by atoms with Crippen LogP contribution in [-0.4, -0.2) is 27.3 Å². The van der Waals surface area contributed by atoms with Crippen molar-refractivity contribution in [3.05, 3.63) is 70.8 Å². The number of thioether (sulfide) groups is 2. The van der Waals surface area contributed by atoms with E-state index in [9.17, 15) is 0 Å². The average molecular weight is 525 g/mol. The molecule has 0 aromatic heterocycles. The van der Waals surface area contributed by atoms with Gasteiger partial charge in [-0.25, -0.2) is 0 Å². The van der Waals surface area contributed by atoms with Crippen LogP contribution >= 0.6 is 23.5 Å². The maximum absolute atomic E-state index is 15.7. The van der Waals surface area contributed by atoms with Crippen molar-refractivity contribution in [1.29, 1.82) is 0 Å². The Labute approximate surface area is 208 Å². The Hall–Kier alpha value is -1.80. The summed E-state index contributed by atoms with van der Waals surface area (Å²) in [6.45, 7) is 7.50. The van der Waals surface area contributed by atoms with E-state index in [0.29, 0.717) is 20.9 Å². The molecular weight excluding hydrogens is 502 g/mol. The van der Waals surface area contributed by atoms with Gasteiger partial charge in [-0.05, 0) is 46.2 Å². The Morgan fingerprint density at radius 3 is 1.23 bits per heavy atom. The highest BCUT2D eigenvalue weighted by Gasteiger charge is 2.85. The van der Waals surface area contributed by atoms with Crippen molar-refractivity contribution in [2.24, 2.45) is 11.8 Å². The number of rotatable bonds is 2. The highest BCUT2D eigenvalue weighted by atomic mass is 32.2. The Morgan fingerprint density at radius 2 is 0.886 bits per heavy atom. The highest BCUT2D eigenvalue weighted by molar-refractivity contribution is 8.06. The van der Waals surface area contributed by atoms with Crippen LogP contribution in [0.2, 0.25) is 0 Å². The summed E-state index contributed by atoms with van der Waals surface area (Å²) >= 11 is 2.73. The van der Waals surface area contributed by atoms with E-state index in [1.165, 1.54) is 23.5 Å². The molecule has 0 spiro atoms. The molecule has 2 aliphatic heterocycles. The Morgan fingerprint density at radius 1 is 0.543 bits per heavy atom. The average Bonchev–Trinajstić information content (AvgIpc) is 3.35. The summed E-state index contributed by atoms with van der Waals surface area (Å²) in [5.74, 6) is -16.3. The Balaban J connectivity index is 1.92. The van der Waals surface area contributed by atoms with Crippen LogP contribution < -0.4 is 0 Å². The maximum Gasteiger partial charge on any atom is 0.380 e. The van der Waals surface area contributed by atoms with Crippen LogP contribution in [0.25, 0.3) is 11.1 Å². The summed E-state index contributed by atoms with van der Waals surface area (Å²) in [7, 11) is 0. The van der Waals surface area contributed by atoms with Gasteiger partial charge in [-0.15, -0.1) is 23.5 Å². The molecule has 35 heavy (non-hydrogen) atoms. The van der Waals surface area contributed by atoms with Crippen molar-refractivity contribution in [3.63, 3.8) is 0 Å². The lowest BCUT2D eigenvalue weighted by Gasteiger charge is -2.55. The molecule has 0 bridgehead atoms. The van der Waals surface area contributed by atoms with Crippen molar-refractivity contribution in [3.8, 4) is 0 Å². The fourth-order valence-electron chi connectivity index (χ4n) is 6.60. The molecule has 0 nitrogen and oxygen atoms in total. The molecule has 6 rings (SSSR count). The maximum atomic E-state index is 15.7. The van der Waals surface area contributed by atoms with Crippen molar-refractivity contribution in [2.45, 2.75) is 64.7 Å². The summed E-state index contributed by atoms with van der Waals surface area (Å²) in [5.41, 5.74) is -1.76. The first kappa shape index (κ1) is 23.6. The molecule has 184 valence electrons. The molecule has 1 fully saturated rings. The first-order valence-electron chi connectivity index (χ1n) is 11.5. The number of fused-ring (bicyclic) bond motifs is 8. The van der Waals surface area contributed by atoms with Gasteiger partial charge in [0.2, 0.25) is 0 Å². The van der Waals surface area contributed by atoms with Crippen LogP contribution in [0.5, 0.6) is 0 Å². The second-order valence-electron chi connectivity index (χ2n) is 10.2. The van der Waals surface area contributed by atoms with E-state index >= 15 is 26.3 Å². The van der Waals surface area contributed by atoms with Crippen LogP contribution in [0.4, 0.5) is 26.3 Å². The lowest BCUT2D eigenvalue weighted by atomic mass is 9.60.